The zero-order valence-corrected chi connectivity index (χ0v) is 16.2. The minimum absolute atomic E-state index is 0.141. The molecule has 0 aliphatic carbocycles. The van der Waals surface area contributed by atoms with Crippen LogP contribution in [-0.2, 0) is 4.74 Å². The molecule has 0 saturated carbocycles. The van der Waals surface area contributed by atoms with Crippen molar-refractivity contribution in [2.24, 2.45) is 5.92 Å². The fourth-order valence-corrected chi connectivity index (χ4v) is 3.07. The number of hydrogen-bond donors (Lipinski definition) is 1. The Kier molecular flexibility index (Phi) is 7.81. The van der Waals surface area contributed by atoms with Crippen LogP contribution in [0.4, 0.5) is 4.79 Å². The standard InChI is InChI=1S/C18H37N3O2/c1-14(2)21(17(22)23-18(4,5)6)12-10-19-15(3)16-9-8-11-20(7)13-16/h14-16,19H,8-13H2,1-7H3. The zero-order valence-electron chi connectivity index (χ0n) is 16.2. The molecule has 5 nitrogen and oxygen atoms in total. The highest BCUT2D eigenvalue weighted by Gasteiger charge is 2.25. The van der Waals surface area contributed by atoms with Crippen molar-refractivity contribution in [1.29, 1.82) is 0 Å². The summed E-state index contributed by atoms with van der Waals surface area (Å²) in [7, 11) is 2.20. The van der Waals surface area contributed by atoms with E-state index in [4.69, 9.17) is 4.74 Å². The number of carbonyl (C=O) groups is 1. The lowest BCUT2D eigenvalue weighted by Gasteiger charge is -2.35. The van der Waals surface area contributed by atoms with Crippen LogP contribution in [0.25, 0.3) is 0 Å². The van der Waals surface area contributed by atoms with E-state index < -0.39 is 5.60 Å². The Hall–Kier alpha value is -0.810. The van der Waals surface area contributed by atoms with E-state index in [0.29, 0.717) is 18.5 Å². The summed E-state index contributed by atoms with van der Waals surface area (Å²) in [6, 6.07) is 0.619. The van der Waals surface area contributed by atoms with Crippen molar-refractivity contribution in [2.75, 3.05) is 33.2 Å². The van der Waals surface area contributed by atoms with Crippen molar-refractivity contribution >= 4 is 6.09 Å². The van der Waals surface area contributed by atoms with Crippen molar-refractivity contribution in [3.05, 3.63) is 0 Å². The summed E-state index contributed by atoms with van der Waals surface area (Å²) in [6.45, 7) is 15.9. The van der Waals surface area contributed by atoms with E-state index in [2.05, 4.69) is 24.2 Å². The molecule has 1 rings (SSSR count). The second-order valence-electron chi connectivity index (χ2n) is 8.17. The van der Waals surface area contributed by atoms with Gasteiger partial charge in [-0.25, -0.2) is 4.79 Å². The Bertz CT molecular complexity index is 366. The molecular formula is C18H37N3O2. The largest absolute Gasteiger partial charge is 0.444 e. The number of ether oxygens (including phenoxy) is 1. The molecule has 1 saturated heterocycles. The van der Waals surface area contributed by atoms with Crippen molar-refractivity contribution in [2.45, 2.75) is 72.1 Å². The van der Waals surface area contributed by atoms with Crippen LogP contribution < -0.4 is 5.32 Å². The fraction of sp³-hybridized carbons (Fsp3) is 0.944. The molecule has 0 bridgehead atoms. The van der Waals surface area contributed by atoms with Gasteiger partial charge in [-0.15, -0.1) is 0 Å². The third-order valence-corrected chi connectivity index (χ3v) is 4.44. The van der Waals surface area contributed by atoms with Crippen LogP contribution in [0.3, 0.4) is 0 Å². The number of carbonyl (C=O) groups excluding carboxylic acids is 1. The topological polar surface area (TPSA) is 44.8 Å². The first-order chi connectivity index (χ1) is 10.6. The van der Waals surface area contributed by atoms with Gasteiger partial charge >= 0.3 is 6.09 Å². The molecule has 1 amide bonds. The number of piperidine rings is 1. The second-order valence-corrected chi connectivity index (χ2v) is 8.17. The van der Waals surface area contributed by atoms with Crippen molar-refractivity contribution in [3.8, 4) is 0 Å². The number of nitrogens with one attached hydrogen (secondary N) is 1. The number of likely N-dealkylation sites (tertiary alicyclic amines) is 1. The predicted octanol–water partition coefficient (Wildman–Crippen LogP) is 2.95. The molecular weight excluding hydrogens is 290 g/mol. The van der Waals surface area contributed by atoms with Gasteiger partial charge in [0.15, 0.2) is 0 Å². The van der Waals surface area contributed by atoms with E-state index in [1.807, 2.05) is 34.6 Å². The van der Waals surface area contributed by atoms with Gasteiger partial charge in [0.2, 0.25) is 0 Å². The lowest BCUT2D eigenvalue weighted by atomic mass is 9.92. The predicted molar refractivity (Wildman–Crippen MR) is 95.8 cm³/mol. The summed E-state index contributed by atoms with van der Waals surface area (Å²) in [5, 5.41) is 3.60. The van der Waals surface area contributed by atoms with Crippen LogP contribution in [0.5, 0.6) is 0 Å². The fourth-order valence-electron chi connectivity index (χ4n) is 3.07. The Morgan fingerprint density at radius 1 is 1.35 bits per heavy atom. The molecule has 2 atom stereocenters. The number of hydrogen-bond acceptors (Lipinski definition) is 4. The third kappa shape index (κ3) is 7.53. The highest BCUT2D eigenvalue weighted by atomic mass is 16.6. The molecule has 0 spiro atoms. The van der Waals surface area contributed by atoms with Gasteiger partial charge in [0.25, 0.3) is 0 Å². The summed E-state index contributed by atoms with van der Waals surface area (Å²) in [5.74, 6) is 0.697. The first-order valence-electron chi connectivity index (χ1n) is 9.01. The normalized spacial score (nSPS) is 21.3. The maximum absolute atomic E-state index is 12.3. The lowest BCUT2D eigenvalue weighted by Crippen LogP contribution is -2.47. The van der Waals surface area contributed by atoms with E-state index in [9.17, 15) is 4.79 Å². The smallest absolute Gasteiger partial charge is 0.410 e. The molecule has 23 heavy (non-hydrogen) atoms. The van der Waals surface area contributed by atoms with Crippen molar-refractivity contribution < 1.29 is 9.53 Å². The Morgan fingerprint density at radius 3 is 2.52 bits per heavy atom. The van der Waals surface area contributed by atoms with Crippen LogP contribution in [0.15, 0.2) is 0 Å². The van der Waals surface area contributed by atoms with Gasteiger partial charge in [-0.1, -0.05) is 0 Å². The SMILES string of the molecule is CC(NCCN(C(=O)OC(C)(C)C)C(C)C)C1CCCN(C)C1. The van der Waals surface area contributed by atoms with Crippen LogP contribution >= 0.6 is 0 Å². The lowest BCUT2D eigenvalue weighted by molar-refractivity contribution is 0.0190. The van der Waals surface area contributed by atoms with Gasteiger partial charge in [-0.3, -0.25) is 0 Å². The minimum Gasteiger partial charge on any atom is -0.444 e. The molecule has 0 aromatic rings. The highest BCUT2D eigenvalue weighted by molar-refractivity contribution is 5.68. The van der Waals surface area contributed by atoms with Crippen LogP contribution in [0.2, 0.25) is 0 Å². The maximum Gasteiger partial charge on any atom is 0.410 e. The first-order valence-corrected chi connectivity index (χ1v) is 9.01. The summed E-state index contributed by atoms with van der Waals surface area (Å²) in [5.41, 5.74) is -0.447. The van der Waals surface area contributed by atoms with Crippen LogP contribution in [0.1, 0.15) is 54.4 Å². The van der Waals surface area contributed by atoms with Crippen LogP contribution in [0, 0.1) is 5.92 Å². The van der Waals surface area contributed by atoms with Gasteiger partial charge < -0.3 is 19.9 Å². The summed E-state index contributed by atoms with van der Waals surface area (Å²) >= 11 is 0. The molecule has 0 aromatic heterocycles. The maximum atomic E-state index is 12.3. The van der Waals surface area contributed by atoms with E-state index >= 15 is 0 Å². The van der Waals surface area contributed by atoms with E-state index in [0.717, 1.165) is 13.1 Å². The monoisotopic (exact) mass is 327 g/mol. The molecule has 5 heteroatoms. The van der Waals surface area contributed by atoms with Gasteiger partial charge in [-0.2, -0.15) is 0 Å². The Labute approximate surface area is 142 Å². The van der Waals surface area contributed by atoms with Crippen molar-refractivity contribution in [3.63, 3.8) is 0 Å². The zero-order chi connectivity index (χ0) is 17.6. The summed E-state index contributed by atoms with van der Waals surface area (Å²) < 4.78 is 5.50. The van der Waals surface area contributed by atoms with E-state index in [1.54, 1.807) is 4.90 Å². The van der Waals surface area contributed by atoms with Gasteiger partial charge in [0, 0.05) is 31.7 Å². The molecule has 1 heterocycles. The molecule has 1 N–H and O–H groups in total. The number of rotatable bonds is 6. The highest BCUT2D eigenvalue weighted by Crippen LogP contribution is 2.18. The molecule has 1 aliphatic heterocycles. The quantitative estimate of drug-likeness (QED) is 0.815. The van der Waals surface area contributed by atoms with Gasteiger partial charge in [0.05, 0.1) is 0 Å². The average Bonchev–Trinajstić information content (AvgIpc) is 2.40. The van der Waals surface area contributed by atoms with Crippen LogP contribution in [-0.4, -0.2) is 66.8 Å². The summed E-state index contributed by atoms with van der Waals surface area (Å²) in [6.07, 6.45) is 2.35. The Morgan fingerprint density at radius 2 is 2.00 bits per heavy atom. The molecule has 2 unspecified atom stereocenters. The molecule has 0 aromatic carbocycles. The van der Waals surface area contributed by atoms with E-state index in [-0.39, 0.29) is 12.1 Å². The van der Waals surface area contributed by atoms with Gasteiger partial charge in [0.1, 0.15) is 5.60 Å². The first kappa shape index (κ1) is 20.2. The molecule has 1 aliphatic rings. The Balaban J connectivity index is 2.42. The second kappa shape index (κ2) is 8.88. The number of nitrogens with zero attached hydrogens (tertiary/aromatic N) is 2. The van der Waals surface area contributed by atoms with Crippen molar-refractivity contribution in [1.82, 2.24) is 15.1 Å². The molecule has 136 valence electrons. The molecule has 0 radical (unpaired) electrons. The third-order valence-electron chi connectivity index (χ3n) is 4.44. The summed E-state index contributed by atoms with van der Waals surface area (Å²) in [4.78, 5) is 16.5. The average molecular weight is 328 g/mol. The van der Waals surface area contributed by atoms with E-state index in [1.165, 1.54) is 19.4 Å². The minimum atomic E-state index is -0.447. The molecule has 1 fully saturated rings. The number of amides is 1. The van der Waals surface area contributed by atoms with Gasteiger partial charge in [-0.05, 0) is 73.9 Å².